The second-order valence-electron chi connectivity index (χ2n) is 6.95. The Bertz CT molecular complexity index is 549. The number of unbranched alkanes of at least 4 members (excludes halogenated alkanes) is 5. The molecular weight excluding hydrogens is 332 g/mol. The number of hydrogen-bond acceptors (Lipinski definition) is 3. The first-order valence-corrected chi connectivity index (χ1v) is 11.6. The highest BCUT2D eigenvalue weighted by atomic mass is 32.2. The van der Waals surface area contributed by atoms with Gasteiger partial charge in [-0.3, -0.25) is 0 Å². The van der Waals surface area contributed by atoms with Crippen molar-refractivity contribution in [3.63, 3.8) is 0 Å². The molecule has 1 aromatic rings. The van der Waals surface area contributed by atoms with Gasteiger partial charge in [-0.25, -0.2) is 8.42 Å². The molecule has 4 heteroatoms. The van der Waals surface area contributed by atoms with Crippen molar-refractivity contribution >= 4 is 9.84 Å². The highest BCUT2D eigenvalue weighted by Crippen LogP contribution is 2.16. The van der Waals surface area contributed by atoms with Gasteiger partial charge in [0.15, 0.2) is 9.84 Å². The summed E-state index contributed by atoms with van der Waals surface area (Å²) in [4.78, 5) is 0. The van der Waals surface area contributed by atoms with Crippen LogP contribution in [0, 0.1) is 0 Å². The molecule has 0 saturated heterocycles. The second kappa shape index (κ2) is 12.3. The molecule has 0 N–H and O–H groups in total. The molecule has 0 saturated carbocycles. The van der Waals surface area contributed by atoms with Crippen LogP contribution >= 0.6 is 0 Å². The number of aryl methyl sites for hydroxylation is 1. The van der Waals surface area contributed by atoms with Crippen LogP contribution in [0.4, 0.5) is 0 Å². The van der Waals surface area contributed by atoms with Crippen LogP contribution in [0.25, 0.3) is 0 Å². The van der Waals surface area contributed by atoms with Gasteiger partial charge in [0, 0.05) is 0 Å². The van der Waals surface area contributed by atoms with Crippen LogP contribution in [0.3, 0.4) is 0 Å². The predicted octanol–water partition coefficient (Wildman–Crippen LogP) is 5.57. The van der Waals surface area contributed by atoms with Crippen molar-refractivity contribution in [2.45, 2.75) is 83.8 Å². The standard InChI is InChI=1S/C21H36O3S/c1-4-6-17-24-21-15-13-20(14-16-21)12-10-8-7-9-11-18-25(22,23)19(3)5-2/h13-16,19H,4-12,17-18H2,1-3H3. The van der Waals surface area contributed by atoms with E-state index in [0.717, 1.165) is 63.7 Å². The Balaban J connectivity index is 2.11. The van der Waals surface area contributed by atoms with Crippen molar-refractivity contribution < 1.29 is 13.2 Å². The van der Waals surface area contributed by atoms with Crippen LogP contribution in [0.1, 0.15) is 77.7 Å². The first-order chi connectivity index (χ1) is 12.0. The van der Waals surface area contributed by atoms with E-state index in [-0.39, 0.29) is 5.25 Å². The first kappa shape index (κ1) is 22.0. The van der Waals surface area contributed by atoms with Gasteiger partial charge in [0.05, 0.1) is 17.6 Å². The van der Waals surface area contributed by atoms with Crippen LogP contribution in [0.2, 0.25) is 0 Å². The van der Waals surface area contributed by atoms with Gasteiger partial charge >= 0.3 is 0 Å². The van der Waals surface area contributed by atoms with Crippen LogP contribution in [-0.4, -0.2) is 26.0 Å². The highest BCUT2D eigenvalue weighted by molar-refractivity contribution is 7.91. The van der Waals surface area contributed by atoms with E-state index in [0.29, 0.717) is 12.2 Å². The van der Waals surface area contributed by atoms with E-state index < -0.39 is 9.84 Å². The van der Waals surface area contributed by atoms with E-state index in [9.17, 15) is 8.42 Å². The third kappa shape index (κ3) is 9.29. The van der Waals surface area contributed by atoms with Gasteiger partial charge in [0.2, 0.25) is 0 Å². The van der Waals surface area contributed by atoms with E-state index in [2.05, 4.69) is 31.2 Å². The normalized spacial score (nSPS) is 12.9. The summed E-state index contributed by atoms with van der Waals surface area (Å²) in [5.41, 5.74) is 1.35. The fourth-order valence-corrected chi connectivity index (χ4v) is 4.22. The summed E-state index contributed by atoms with van der Waals surface area (Å²) in [5.74, 6) is 1.31. The molecule has 0 spiro atoms. The summed E-state index contributed by atoms with van der Waals surface area (Å²) >= 11 is 0. The number of benzene rings is 1. The lowest BCUT2D eigenvalue weighted by Crippen LogP contribution is -2.20. The van der Waals surface area contributed by atoms with E-state index in [1.165, 1.54) is 5.56 Å². The van der Waals surface area contributed by atoms with Crippen molar-refractivity contribution in [2.24, 2.45) is 0 Å². The molecule has 1 rings (SSSR count). The van der Waals surface area contributed by atoms with Crippen molar-refractivity contribution in [1.82, 2.24) is 0 Å². The van der Waals surface area contributed by atoms with Crippen molar-refractivity contribution in [3.8, 4) is 5.75 Å². The second-order valence-corrected chi connectivity index (χ2v) is 9.49. The molecule has 1 atom stereocenters. The fourth-order valence-electron chi connectivity index (χ4n) is 2.70. The van der Waals surface area contributed by atoms with Gasteiger partial charge in [-0.05, 0) is 56.7 Å². The predicted molar refractivity (Wildman–Crippen MR) is 107 cm³/mol. The minimum absolute atomic E-state index is 0.193. The van der Waals surface area contributed by atoms with E-state index in [4.69, 9.17) is 4.74 Å². The van der Waals surface area contributed by atoms with Crippen molar-refractivity contribution in [2.75, 3.05) is 12.4 Å². The Morgan fingerprint density at radius 2 is 1.56 bits per heavy atom. The minimum atomic E-state index is -2.87. The molecule has 0 fully saturated rings. The molecule has 144 valence electrons. The zero-order valence-electron chi connectivity index (χ0n) is 16.3. The largest absolute Gasteiger partial charge is 0.494 e. The molecule has 0 heterocycles. The number of hydrogen-bond donors (Lipinski definition) is 0. The zero-order valence-corrected chi connectivity index (χ0v) is 17.1. The van der Waals surface area contributed by atoms with Gasteiger partial charge in [0.1, 0.15) is 5.75 Å². The molecule has 25 heavy (non-hydrogen) atoms. The van der Waals surface area contributed by atoms with Crippen LogP contribution in [-0.2, 0) is 16.3 Å². The number of sulfone groups is 1. The molecule has 0 aliphatic rings. The minimum Gasteiger partial charge on any atom is -0.494 e. The lowest BCUT2D eigenvalue weighted by Gasteiger charge is -2.10. The molecule has 0 aromatic heterocycles. The molecule has 0 radical (unpaired) electrons. The van der Waals surface area contributed by atoms with Crippen LogP contribution in [0.15, 0.2) is 24.3 Å². The molecule has 3 nitrogen and oxygen atoms in total. The zero-order chi connectivity index (χ0) is 18.5. The summed E-state index contributed by atoms with van der Waals surface area (Å²) < 4.78 is 29.5. The third-order valence-electron chi connectivity index (χ3n) is 4.77. The Morgan fingerprint density at radius 3 is 2.20 bits per heavy atom. The molecule has 0 bridgehead atoms. The van der Waals surface area contributed by atoms with E-state index in [1.807, 2.05) is 13.8 Å². The fraction of sp³-hybridized carbons (Fsp3) is 0.714. The van der Waals surface area contributed by atoms with E-state index in [1.54, 1.807) is 0 Å². The Morgan fingerprint density at radius 1 is 0.920 bits per heavy atom. The molecule has 0 aliphatic carbocycles. The molecule has 0 aliphatic heterocycles. The Hall–Kier alpha value is -1.03. The topological polar surface area (TPSA) is 43.4 Å². The van der Waals surface area contributed by atoms with Gasteiger partial charge in [-0.1, -0.05) is 51.7 Å². The summed E-state index contributed by atoms with van der Waals surface area (Å²) in [6.45, 7) is 6.71. The SMILES string of the molecule is CCCCOc1ccc(CCCCCCCS(=O)(=O)C(C)CC)cc1. The van der Waals surface area contributed by atoms with Crippen LogP contribution in [0.5, 0.6) is 5.75 Å². The van der Waals surface area contributed by atoms with Gasteiger partial charge in [-0.2, -0.15) is 0 Å². The van der Waals surface area contributed by atoms with Gasteiger partial charge < -0.3 is 4.74 Å². The Kier molecular flexibility index (Phi) is 10.9. The maximum atomic E-state index is 11.9. The number of rotatable bonds is 14. The lowest BCUT2D eigenvalue weighted by atomic mass is 10.1. The maximum absolute atomic E-state index is 11.9. The number of ether oxygens (including phenoxy) is 1. The summed E-state index contributed by atoms with van der Waals surface area (Å²) in [6.07, 6.45) is 9.31. The first-order valence-electron chi connectivity index (χ1n) is 9.93. The van der Waals surface area contributed by atoms with Crippen molar-refractivity contribution in [1.29, 1.82) is 0 Å². The molecular formula is C21H36O3S. The van der Waals surface area contributed by atoms with Gasteiger partial charge in [-0.15, -0.1) is 0 Å². The molecule has 1 unspecified atom stereocenters. The van der Waals surface area contributed by atoms with E-state index >= 15 is 0 Å². The average Bonchev–Trinajstić information content (AvgIpc) is 2.61. The van der Waals surface area contributed by atoms with Gasteiger partial charge in [0.25, 0.3) is 0 Å². The monoisotopic (exact) mass is 368 g/mol. The average molecular weight is 369 g/mol. The highest BCUT2D eigenvalue weighted by Gasteiger charge is 2.17. The summed E-state index contributed by atoms with van der Waals surface area (Å²) in [5, 5.41) is -0.193. The molecule has 0 amide bonds. The quantitative estimate of drug-likeness (QED) is 0.403. The maximum Gasteiger partial charge on any atom is 0.152 e. The smallest absolute Gasteiger partial charge is 0.152 e. The lowest BCUT2D eigenvalue weighted by molar-refractivity contribution is 0.309. The summed E-state index contributed by atoms with van der Waals surface area (Å²) in [7, 11) is -2.87. The summed E-state index contributed by atoms with van der Waals surface area (Å²) in [6, 6.07) is 8.43. The third-order valence-corrected chi connectivity index (χ3v) is 7.19. The molecule has 1 aromatic carbocycles. The van der Waals surface area contributed by atoms with Crippen LogP contribution < -0.4 is 4.74 Å². The Labute approximate surface area is 155 Å². The van der Waals surface area contributed by atoms with Crippen molar-refractivity contribution in [3.05, 3.63) is 29.8 Å².